The van der Waals surface area contributed by atoms with E-state index in [-0.39, 0.29) is 18.1 Å². The van der Waals surface area contributed by atoms with Gasteiger partial charge in [-0.05, 0) is 26.7 Å². The molecule has 1 saturated carbocycles. The topological polar surface area (TPSA) is 35.5 Å². The van der Waals surface area contributed by atoms with Crippen LogP contribution in [-0.4, -0.2) is 24.3 Å². The summed E-state index contributed by atoms with van der Waals surface area (Å²) in [6.07, 6.45) is 3.02. The van der Waals surface area contributed by atoms with E-state index in [1.807, 2.05) is 13.8 Å². The molecule has 2 rings (SSSR count). The maximum Gasteiger partial charge on any atom is 0.163 e. The minimum absolute atomic E-state index is 0.0116. The first-order chi connectivity index (χ1) is 5.62. The van der Waals surface area contributed by atoms with Gasteiger partial charge in [0.1, 0.15) is 6.29 Å². The van der Waals surface area contributed by atoms with Gasteiger partial charge in [0.05, 0.1) is 12.2 Å². The lowest BCUT2D eigenvalue weighted by molar-refractivity contribution is -0.156. The number of carbonyl (C=O) groups is 1. The summed E-state index contributed by atoms with van der Waals surface area (Å²) in [5.41, 5.74) is 0. The van der Waals surface area contributed by atoms with Crippen molar-refractivity contribution in [1.29, 1.82) is 0 Å². The Bertz CT molecular complexity index is 200. The maximum absolute atomic E-state index is 10.6. The molecule has 0 aromatic carbocycles. The van der Waals surface area contributed by atoms with E-state index in [2.05, 4.69) is 0 Å². The van der Waals surface area contributed by atoms with Crippen molar-refractivity contribution in [3.8, 4) is 0 Å². The minimum atomic E-state index is -0.489. The molecular weight excluding hydrogens is 156 g/mol. The first-order valence-corrected chi connectivity index (χ1v) is 4.43. The van der Waals surface area contributed by atoms with Gasteiger partial charge < -0.3 is 14.3 Å². The van der Waals surface area contributed by atoms with Crippen LogP contribution in [0.25, 0.3) is 0 Å². The minimum Gasteiger partial charge on any atom is -0.345 e. The fraction of sp³-hybridized carbons (Fsp3) is 0.889. The molecule has 0 spiro atoms. The number of ether oxygens (including phenoxy) is 2. The van der Waals surface area contributed by atoms with Gasteiger partial charge in [0.2, 0.25) is 0 Å². The van der Waals surface area contributed by atoms with Crippen LogP contribution < -0.4 is 0 Å². The van der Waals surface area contributed by atoms with Crippen molar-refractivity contribution < 1.29 is 14.3 Å². The predicted octanol–water partition coefficient (Wildman–Crippen LogP) is 1.12. The smallest absolute Gasteiger partial charge is 0.163 e. The molecule has 68 valence electrons. The van der Waals surface area contributed by atoms with E-state index in [1.54, 1.807) is 0 Å². The van der Waals surface area contributed by atoms with Crippen LogP contribution in [-0.2, 0) is 14.3 Å². The third-order valence-electron chi connectivity index (χ3n) is 2.60. The van der Waals surface area contributed by atoms with Crippen LogP contribution in [0.2, 0.25) is 0 Å². The summed E-state index contributed by atoms with van der Waals surface area (Å²) in [6.45, 7) is 3.79. The molecule has 0 aromatic rings. The van der Waals surface area contributed by atoms with Gasteiger partial charge in [-0.25, -0.2) is 0 Å². The molecule has 12 heavy (non-hydrogen) atoms. The third-order valence-corrected chi connectivity index (χ3v) is 2.60. The Kier molecular flexibility index (Phi) is 1.73. The molecule has 3 atom stereocenters. The number of rotatable bonds is 1. The second kappa shape index (κ2) is 2.54. The summed E-state index contributed by atoms with van der Waals surface area (Å²) in [5, 5.41) is 0. The summed E-state index contributed by atoms with van der Waals surface area (Å²) >= 11 is 0. The second-order valence-electron chi connectivity index (χ2n) is 4.02. The largest absolute Gasteiger partial charge is 0.345 e. The molecule has 0 aromatic heterocycles. The van der Waals surface area contributed by atoms with E-state index in [9.17, 15) is 4.79 Å². The lowest BCUT2D eigenvalue weighted by atomic mass is 10.1. The Hall–Kier alpha value is -0.410. The summed E-state index contributed by atoms with van der Waals surface area (Å²) in [5.74, 6) is -0.437. The SMILES string of the molecule is CC1(C)O[C@H]2[C@H](C=O)CC[C@H]2O1. The zero-order valence-electron chi connectivity index (χ0n) is 7.45. The molecule has 2 fully saturated rings. The number of aldehydes is 1. The van der Waals surface area contributed by atoms with Crippen LogP contribution in [0.1, 0.15) is 26.7 Å². The molecule has 1 heterocycles. The number of hydrogen-bond acceptors (Lipinski definition) is 3. The highest BCUT2D eigenvalue weighted by Gasteiger charge is 2.48. The highest BCUT2D eigenvalue weighted by atomic mass is 16.8. The van der Waals surface area contributed by atoms with E-state index >= 15 is 0 Å². The Morgan fingerprint density at radius 3 is 2.75 bits per heavy atom. The highest BCUT2D eigenvalue weighted by molar-refractivity contribution is 5.55. The van der Waals surface area contributed by atoms with E-state index in [0.717, 1.165) is 19.1 Å². The zero-order valence-corrected chi connectivity index (χ0v) is 7.45. The molecule has 1 saturated heterocycles. The molecule has 0 unspecified atom stereocenters. The molecule has 0 N–H and O–H groups in total. The van der Waals surface area contributed by atoms with Crippen LogP contribution in [0.15, 0.2) is 0 Å². The molecule has 0 amide bonds. The monoisotopic (exact) mass is 170 g/mol. The Morgan fingerprint density at radius 2 is 2.08 bits per heavy atom. The molecule has 0 bridgehead atoms. The lowest BCUT2D eigenvalue weighted by Gasteiger charge is -2.19. The molecule has 1 aliphatic carbocycles. The first kappa shape index (κ1) is 8.20. The van der Waals surface area contributed by atoms with Gasteiger partial charge >= 0.3 is 0 Å². The molecule has 2 aliphatic rings. The Labute approximate surface area is 72.0 Å². The quantitative estimate of drug-likeness (QED) is 0.553. The summed E-state index contributed by atoms with van der Waals surface area (Å²) < 4.78 is 11.2. The van der Waals surface area contributed by atoms with Crippen LogP contribution in [0.4, 0.5) is 0 Å². The van der Waals surface area contributed by atoms with Crippen molar-refractivity contribution in [2.75, 3.05) is 0 Å². The number of carbonyl (C=O) groups excluding carboxylic acids is 1. The summed E-state index contributed by atoms with van der Waals surface area (Å²) in [4.78, 5) is 10.6. The molecule has 1 aliphatic heterocycles. The predicted molar refractivity (Wildman–Crippen MR) is 42.6 cm³/mol. The maximum atomic E-state index is 10.6. The first-order valence-electron chi connectivity index (χ1n) is 4.43. The second-order valence-corrected chi connectivity index (χ2v) is 4.02. The molecule has 3 nitrogen and oxygen atoms in total. The van der Waals surface area contributed by atoms with E-state index in [1.165, 1.54) is 0 Å². The Morgan fingerprint density at radius 1 is 1.33 bits per heavy atom. The average molecular weight is 170 g/mol. The van der Waals surface area contributed by atoms with E-state index < -0.39 is 5.79 Å². The summed E-state index contributed by atoms with van der Waals surface area (Å²) in [7, 11) is 0. The normalized spacial score (nSPS) is 44.3. The van der Waals surface area contributed by atoms with Crippen LogP contribution in [0, 0.1) is 5.92 Å². The molecule has 0 radical (unpaired) electrons. The highest BCUT2D eigenvalue weighted by Crippen LogP contribution is 2.40. The zero-order chi connectivity index (χ0) is 8.77. The van der Waals surface area contributed by atoms with Gasteiger partial charge in [0.15, 0.2) is 5.79 Å². The van der Waals surface area contributed by atoms with Gasteiger partial charge in [-0.2, -0.15) is 0 Å². The molecular formula is C9H14O3. The van der Waals surface area contributed by atoms with Crippen molar-refractivity contribution in [1.82, 2.24) is 0 Å². The van der Waals surface area contributed by atoms with Crippen molar-refractivity contribution in [3.05, 3.63) is 0 Å². The fourth-order valence-corrected chi connectivity index (χ4v) is 2.12. The van der Waals surface area contributed by atoms with Crippen molar-refractivity contribution in [3.63, 3.8) is 0 Å². The van der Waals surface area contributed by atoms with Crippen LogP contribution in [0.5, 0.6) is 0 Å². The van der Waals surface area contributed by atoms with E-state index in [4.69, 9.17) is 9.47 Å². The van der Waals surface area contributed by atoms with Gasteiger partial charge in [-0.1, -0.05) is 0 Å². The van der Waals surface area contributed by atoms with Gasteiger partial charge in [-0.3, -0.25) is 0 Å². The summed E-state index contributed by atoms with van der Waals surface area (Å²) in [6, 6.07) is 0. The van der Waals surface area contributed by atoms with Gasteiger partial charge in [0.25, 0.3) is 0 Å². The van der Waals surface area contributed by atoms with Crippen molar-refractivity contribution in [2.24, 2.45) is 5.92 Å². The van der Waals surface area contributed by atoms with Crippen molar-refractivity contribution >= 4 is 6.29 Å². The third kappa shape index (κ3) is 1.17. The lowest BCUT2D eigenvalue weighted by Crippen LogP contribution is -2.25. The fourth-order valence-electron chi connectivity index (χ4n) is 2.12. The standard InChI is InChI=1S/C9H14O3/c1-9(2)11-7-4-3-6(5-10)8(7)12-9/h5-8H,3-4H2,1-2H3/t6-,7+,8-/m0/s1. The number of hydrogen-bond donors (Lipinski definition) is 0. The Balaban J connectivity index is 2.11. The van der Waals surface area contributed by atoms with Gasteiger partial charge in [0, 0.05) is 5.92 Å². The molecule has 3 heteroatoms. The van der Waals surface area contributed by atoms with Crippen LogP contribution >= 0.6 is 0 Å². The van der Waals surface area contributed by atoms with Gasteiger partial charge in [-0.15, -0.1) is 0 Å². The number of fused-ring (bicyclic) bond motifs is 1. The van der Waals surface area contributed by atoms with Crippen LogP contribution in [0.3, 0.4) is 0 Å². The van der Waals surface area contributed by atoms with Crippen molar-refractivity contribution in [2.45, 2.75) is 44.7 Å². The average Bonchev–Trinajstić information content (AvgIpc) is 2.42. The van der Waals surface area contributed by atoms with E-state index in [0.29, 0.717) is 0 Å².